The van der Waals surface area contributed by atoms with Crippen LogP contribution in [0.3, 0.4) is 0 Å². The molecule has 4 heteroatoms. The van der Waals surface area contributed by atoms with Gasteiger partial charge in [-0.2, -0.15) is 0 Å². The Kier molecular flexibility index (Phi) is 5.51. The molecule has 0 unspecified atom stereocenters. The van der Waals surface area contributed by atoms with Gasteiger partial charge in [0.2, 0.25) is 0 Å². The molecule has 0 aliphatic rings. The van der Waals surface area contributed by atoms with Crippen molar-refractivity contribution >= 4 is 11.0 Å². The molecule has 0 bridgehead atoms. The molecular weight excluding hydrogens is 314 g/mol. The molecule has 4 nitrogen and oxygen atoms in total. The van der Waals surface area contributed by atoms with Crippen LogP contribution in [0, 0.1) is 6.92 Å². The zero-order valence-corrected chi connectivity index (χ0v) is 14.7. The van der Waals surface area contributed by atoms with Gasteiger partial charge in [0.1, 0.15) is 17.9 Å². The summed E-state index contributed by atoms with van der Waals surface area (Å²) in [4.78, 5) is 11.8. The average molecular weight is 337 g/mol. The number of ether oxygens (including phenoxy) is 1. The number of hydrogen-bond acceptors (Lipinski definition) is 4. The fraction of sp³-hybridized carbons (Fsp3) is 0.286. The van der Waals surface area contributed by atoms with Crippen molar-refractivity contribution in [2.75, 3.05) is 13.2 Å². The highest BCUT2D eigenvalue weighted by Gasteiger charge is 2.06. The van der Waals surface area contributed by atoms with Crippen molar-refractivity contribution < 1.29 is 9.15 Å². The summed E-state index contributed by atoms with van der Waals surface area (Å²) in [6.45, 7) is 6.00. The molecule has 130 valence electrons. The van der Waals surface area contributed by atoms with Crippen LogP contribution in [0.5, 0.6) is 5.75 Å². The lowest BCUT2D eigenvalue weighted by molar-refractivity contribution is 0.313. The number of hydrogen-bond donors (Lipinski definition) is 1. The summed E-state index contributed by atoms with van der Waals surface area (Å²) in [7, 11) is 0. The third-order valence-electron chi connectivity index (χ3n) is 4.19. The van der Waals surface area contributed by atoms with Crippen LogP contribution in [0.25, 0.3) is 11.0 Å². The Balaban J connectivity index is 1.59. The van der Waals surface area contributed by atoms with E-state index >= 15 is 0 Å². The minimum Gasteiger partial charge on any atom is -0.492 e. The third kappa shape index (κ3) is 4.48. The average Bonchev–Trinajstić information content (AvgIpc) is 2.62. The lowest BCUT2D eigenvalue weighted by Gasteiger charge is -2.09. The second kappa shape index (κ2) is 7.99. The number of nitrogens with one attached hydrogen (secondary N) is 1. The van der Waals surface area contributed by atoms with E-state index in [1.165, 1.54) is 5.56 Å². The van der Waals surface area contributed by atoms with E-state index in [1.807, 2.05) is 36.4 Å². The molecule has 0 spiro atoms. The molecular formula is C21H23NO3. The van der Waals surface area contributed by atoms with E-state index in [0.29, 0.717) is 25.3 Å². The monoisotopic (exact) mass is 337 g/mol. The Morgan fingerprint density at radius 2 is 1.88 bits per heavy atom. The minimum absolute atomic E-state index is 0.312. The molecule has 3 aromatic rings. The zero-order chi connectivity index (χ0) is 17.6. The van der Waals surface area contributed by atoms with Crippen molar-refractivity contribution in [1.82, 2.24) is 5.32 Å². The third-order valence-corrected chi connectivity index (χ3v) is 4.19. The fourth-order valence-electron chi connectivity index (χ4n) is 2.74. The minimum atomic E-state index is -0.312. The predicted octanol–water partition coefficient (Wildman–Crippen LogP) is 3.83. The summed E-state index contributed by atoms with van der Waals surface area (Å²) < 4.78 is 11.0. The second-order valence-electron chi connectivity index (χ2n) is 6.11. The molecule has 3 rings (SSSR count). The van der Waals surface area contributed by atoms with Gasteiger partial charge < -0.3 is 14.5 Å². The lowest BCUT2D eigenvalue weighted by Crippen LogP contribution is -2.21. The first-order valence-corrected chi connectivity index (χ1v) is 8.61. The first-order valence-electron chi connectivity index (χ1n) is 8.61. The van der Waals surface area contributed by atoms with Crippen molar-refractivity contribution in [2.45, 2.75) is 26.8 Å². The summed E-state index contributed by atoms with van der Waals surface area (Å²) in [5, 5.41) is 4.30. The highest BCUT2D eigenvalue weighted by Crippen LogP contribution is 2.19. The fourth-order valence-corrected chi connectivity index (χ4v) is 2.74. The van der Waals surface area contributed by atoms with Crippen LogP contribution >= 0.6 is 0 Å². The molecule has 0 amide bonds. The quantitative estimate of drug-likeness (QED) is 0.526. The molecule has 2 aromatic carbocycles. The van der Waals surface area contributed by atoms with Crippen LogP contribution in [0.2, 0.25) is 0 Å². The molecule has 0 radical (unpaired) electrons. The van der Waals surface area contributed by atoms with E-state index in [2.05, 4.69) is 25.2 Å². The Morgan fingerprint density at radius 1 is 1.08 bits per heavy atom. The van der Waals surface area contributed by atoms with Crippen LogP contribution < -0.4 is 15.7 Å². The van der Waals surface area contributed by atoms with E-state index < -0.39 is 0 Å². The van der Waals surface area contributed by atoms with Gasteiger partial charge in [0.15, 0.2) is 0 Å². The van der Waals surface area contributed by atoms with Crippen LogP contribution in [-0.2, 0) is 13.0 Å². The first-order chi connectivity index (χ1) is 12.2. The number of fused-ring (bicyclic) bond motifs is 1. The largest absolute Gasteiger partial charge is 0.492 e. The molecule has 0 saturated heterocycles. The Hall–Kier alpha value is -2.59. The molecule has 0 saturated carbocycles. The van der Waals surface area contributed by atoms with E-state index in [0.717, 1.165) is 28.7 Å². The van der Waals surface area contributed by atoms with E-state index in [-0.39, 0.29) is 5.63 Å². The van der Waals surface area contributed by atoms with Gasteiger partial charge in [-0.3, -0.25) is 0 Å². The first kappa shape index (κ1) is 17.2. The number of rotatable bonds is 7. The van der Waals surface area contributed by atoms with Gasteiger partial charge in [0.05, 0.1) is 0 Å². The topological polar surface area (TPSA) is 51.5 Å². The van der Waals surface area contributed by atoms with Crippen molar-refractivity contribution in [1.29, 1.82) is 0 Å². The summed E-state index contributed by atoms with van der Waals surface area (Å²) in [5.74, 6) is 0.866. The highest BCUT2D eigenvalue weighted by molar-refractivity contribution is 5.80. The Labute approximate surface area is 147 Å². The lowest BCUT2D eigenvalue weighted by atomic mass is 10.1. The predicted molar refractivity (Wildman–Crippen MR) is 100 cm³/mol. The van der Waals surface area contributed by atoms with Gasteiger partial charge in [0.25, 0.3) is 0 Å². The summed E-state index contributed by atoms with van der Waals surface area (Å²) in [5.41, 5.74) is 3.66. The van der Waals surface area contributed by atoms with E-state index in [1.54, 1.807) is 6.07 Å². The number of aryl methyl sites for hydroxylation is 2. The van der Waals surface area contributed by atoms with Crippen molar-refractivity contribution in [3.05, 3.63) is 75.6 Å². The molecule has 0 fully saturated rings. The summed E-state index contributed by atoms with van der Waals surface area (Å²) >= 11 is 0. The summed E-state index contributed by atoms with van der Waals surface area (Å²) in [6.07, 6.45) is 0.915. The highest BCUT2D eigenvalue weighted by atomic mass is 16.5. The van der Waals surface area contributed by atoms with Gasteiger partial charge in [-0.25, -0.2) is 4.79 Å². The maximum Gasteiger partial charge on any atom is 0.336 e. The number of benzene rings is 2. The maximum absolute atomic E-state index is 11.8. The second-order valence-corrected chi connectivity index (χ2v) is 6.11. The van der Waals surface area contributed by atoms with Gasteiger partial charge in [-0.05, 0) is 42.7 Å². The smallest absolute Gasteiger partial charge is 0.336 e. The van der Waals surface area contributed by atoms with Crippen LogP contribution in [0.4, 0.5) is 0 Å². The van der Waals surface area contributed by atoms with Gasteiger partial charge in [-0.1, -0.05) is 36.8 Å². The standard InChI is InChI=1S/C21H23NO3/c1-3-16-6-9-19-17(13-21(23)25-20(19)12-16)14-22-10-11-24-18-7-4-15(2)5-8-18/h4-9,12-13,22H,3,10-11,14H2,1-2H3. The van der Waals surface area contributed by atoms with Crippen molar-refractivity contribution in [2.24, 2.45) is 0 Å². The molecule has 1 N–H and O–H groups in total. The normalized spacial score (nSPS) is 11.0. The van der Waals surface area contributed by atoms with Gasteiger partial charge in [0, 0.05) is 24.5 Å². The van der Waals surface area contributed by atoms with Gasteiger partial charge in [-0.15, -0.1) is 0 Å². The molecule has 1 heterocycles. The maximum atomic E-state index is 11.8. The van der Waals surface area contributed by atoms with Crippen molar-refractivity contribution in [3.8, 4) is 5.75 Å². The van der Waals surface area contributed by atoms with E-state index in [9.17, 15) is 4.79 Å². The molecule has 1 aromatic heterocycles. The van der Waals surface area contributed by atoms with E-state index in [4.69, 9.17) is 9.15 Å². The van der Waals surface area contributed by atoms with Crippen LogP contribution in [-0.4, -0.2) is 13.2 Å². The van der Waals surface area contributed by atoms with Crippen LogP contribution in [0.1, 0.15) is 23.6 Å². The Morgan fingerprint density at radius 3 is 2.64 bits per heavy atom. The van der Waals surface area contributed by atoms with Crippen molar-refractivity contribution in [3.63, 3.8) is 0 Å². The molecule has 0 aliphatic carbocycles. The Bertz CT molecular complexity index is 897. The zero-order valence-electron chi connectivity index (χ0n) is 14.7. The SMILES string of the molecule is CCc1ccc2c(CNCCOc3ccc(C)cc3)cc(=O)oc2c1. The van der Waals surface area contributed by atoms with Crippen LogP contribution in [0.15, 0.2) is 57.7 Å². The van der Waals surface area contributed by atoms with Gasteiger partial charge >= 0.3 is 5.63 Å². The molecule has 0 atom stereocenters. The molecule has 25 heavy (non-hydrogen) atoms. The molecule has 0 aliphatic heterocycles. The summed E-state index contributed by atoms with van der Waals surface area (Å²) in [6, 6.07) is 15.6.